The highest BCUT2D eigenvalue weighted by molar-refractivity contribution is 5.60. The van der Waals surface area contributed by atoms with E-state index in [9.17, 15) is 10.0 Å². The van der Waals surface area contributed by atoms with E-state index in [-0.39, 0.29) is 24.2 Å². The van der Waals surface area contributed by atoms with Crippen LogP contribution in [-0.4, -0.2) is 53.3 Å². The van der Waals surface area contributed by atoms with Gasteiger partial charge in [0.05, 0.1) is 30.8 Å². The van der Waals surface area contributed by atoms with E-state index in [0.717, 1.165) is 0 Å². The predicted molar refractivity (Wildman–Crippen MR) is 63.6 cm³/mol. The molecule has 0 aliphatic rings. The standard InChI is InChI=1S/C10H21N3O6/c1-5-12(6-7-14)13(16)11-19-9(4)18-10(15)17-8(2)3/h8-9,14H,5-7H2,1-4H3. The van der Waals surface area contributed by atoms with Crippen molar-refractivity contribution < 1.29 is 29.2 Å². The molecule has 0 aromatic rings. The third kappa shape index (κ3) is 8.03. The summed E-state index contributed by atoms with van der Waals surface area (Å²) in [5.74, 6) is 0. The number of hydrogen-bond acceptors (Lipinski definition) is 7. The number of ether oxygens (including phenoxy) is 2. The molecule has 0 spiro atoms. The highest BCUT2D eigenvalue weighted by Gasteiger charge is 2.15. The number of nitrogens with zero attached hydrogens (tertiary/aromatic N) is 3. The number of hydrogen-bond donors (Lipinski definition) is 1. The Balaban J connectivity index is 4.18. The van der Waals surface area contributed by atoms with E-state index < -0.39 is 12.4 Å². The topological polar surface area (TPSA) is 107 Å². The van der Waals surface area contributed by atoms with Gasteiger partial charge in [0.25, 0.3) is 6.29 Å². The Kier molecular flexibility index (Phi) is 8.34. The SMILES string of the molecule is CCN(CCO)[N+]([O-])=NOC(C)OC(=O)OC(C)C. The number of aliphatic hydroxyl groups excluding tert-OH is 1. The summed E-state index contributed by atoms with van der Waals surface area (Å²) in [7, 11) is 0. The summed E-state index contributed by atoms with van der Waals surface area (Å²) >= 11 is 0. The molecule has 1 unspecified atom stereocenters. The average molecular weight is 279 g/mol. The maximum Gasteiger partial charge on any atom is 0.511 e. The molecular formula is C10H21N3O6. The monoisotopic (exact) mass is 279 g/mol. The van der Waals surface area contributed by atoms with Gasteiger partial charge in [-0.2, -0.15) is 0 Å². The van der Waals surface area contributed by atoms with Gasteiger partial charge in [0, 0.05) is 6.92 Å². The first kappa shape index (κ1) is 17.2. The average Bonchev–Trinajstić information content (AvgIpc) is 2.31. The molecule has 0 fully saturated rings. The fourth-order valence-corrected chi connectivity index (χ4v) is 1.02. The molecule has 19 heavy (non-hydrogen) atoms. The molecule has 0 radical (unpaired) electrons. The lowest BCUT2D eigenvalue weighted by Gasteiger charge is -2.15. The first-order valence-electron chi connectivity index (χ1n) is 5.97. The lowest BCUT2D eigenvalue weighted by atomic mass is 10.5. The van der Waals surface area contributed by atoms with Gasteiger partial charge in [-0.05, 0) is 20.8 Å². The normalized spacial score (nSPS) is 13.1. The Morgan fingerprint density at radius 2 is 2.05 bits per heavy atom. The lowest BCUT2D eigenvalue weighted by Crippen LogP contribution is -2.33. The minimum absolute atomic E-state index is 0.123. The van der Waals surface area contributed by atoms with Crippen LogP contribution in [0.4, 0.5) is 4.79 Å². The summed E-state index contributed by atoms with van der Waals surface area (Å²) < 4.78 is 9.39. The van der Waals surface area contributed by atoms with Gasteiger partial charge in [0.2, 0.25) is 5.28 Å². The van der Waals surface area contributed by atoms with Crippen LogP contribution in [0.3, 0.4) is 0 Å². The number of hydrazine groups is 1. The Bertz CT molecular complexity index is 297. The van der Waals surface area contributed by atoms with Gasteiger partial charge in [0.1, 0.15) is 0 Å². The quantitative estimate of drug-likeness (QED) is 0.232. The van der Waals surface area contributed by atoms with Gasteiger partial charge in [-0.1, -0.05) is 0 Å². The van der Waals surface area contributed by atoms with Crippen molar-refractivity contribution in [1.29, 1.82) is 0 Å². The van der Waals surface area contributed by atoms with Crippen LogP contribution in [0.2, 0.25) is 0 Å². The van der Waals surface area contributed by atoms with Crippen molar-refractivity contribution in [3.63, 3.8) is 0 Å². The second-order valence-electron chi connectivity index (χ2n) is 3.81. The largest absolute Gasteiger partial charge is 0.569 e. The Morgan fingerprint density at radius 3 is 2.53 bits per heavy atom. The molecule has 0 rings (SSSR count). The second-order valence-corrected chi connectivity index (χ2v) is 3.81. The van der Waals surface area contributed by atoms with Crippen molar-refractivity contribution >= 4 is 6.16 Å². The molecule has 0 aromatic heterocycles. The van der Waals surface area contributed by atoms with Crippen LogP contribution in [0.25, 0.3) is 0 Å². The summed E-state index contributed by atoms with van der Waals surface area (Å²) in [6.07, 6.45) is -2.28. The number of likely N-dealkylation sites (N-methyl/N-ethyl adjacent to an activating group) is 1. The van der Waals surface area contributed by atoms with Crippen molar-refractivity contribution in [2.45, 2.75) is 40.1 Å². The number of carbonyl (C=O) groups excluding carboxylic acids is 1. The Labute approximate surface area is 111 Å². The minimum Gasteiger partial charge on any atom is -0.569 e. The summed E-state index contributed by atoms with van der Waals surface area (Å²) in [5.41, 5.74) is 0. The fourth-order valence-electron chi connectivity index (χ4n) is 1.02. The third-order valence-corrected chi connectivity index (χ3v) is 1.82. The van der Waals surface area contributed by atoms with Gasteiger partial charge in [-0.3, -0.25) is 4.84 Å². The maximum absolute atomic E-state index is 11.4. The van der Waals surface area contributed by atoms with Gasteiger partial charge in [-0.25, -0.2) is 4.79 Å². The van der Waals surface area contributed by atoms with E-state index in [1.807, 2.05) is 0 Å². The van der Waals surface area contributed by atoms with Crippen molar-refractivity contribution in [3.8, 4) is 0 Å². The summed E-state index contributed by atoms with van der Waals surface area (Å²) in [5, 5.41) is 24.5. The van der Waals surface area contributed by atoms with Crippen LogP contribution in [0, 0.1) is 5.21 Å². The van der Waals surface area contributed by atoms with Crippen molar-refractivity contribution in [3.05, 3.63) is 5.21 Å². The second kappa shape index (κ2) is 9.20. The van der Waals surface area contributed by atoms with E-state index in [4.69, 9.17) is 9.84 Å². The lowest BCUT2D eigenvalue weighted by molar-refractivity contribution is -0.712. The molecular weight excluding hydrogens is 258 g/mol. The van der Waals surface area contributed by atoms with Crippen LogP contribution >= 0.6 is 0 Å². The summed E-state index contributed by atoms with van der Waals surface area (Å²) in [6.45, 7) is 6.74. The van der Waals surface area contributed by atoms with E-state index in [1.165, 1.54) is 11.9 Å². The maximum atomic E-state index is 11.4. The zero-order valence-corrected chi connectivity index (χ0v) is 11.6. The Hall–Kier alpha value is -1.77. The third-order valence-electron chi connectivity index (χ3n) is 1.82. The predicted octanol–water partition coefficient (Wildman–Crippen LogP) is 1.02. The molecule has 1 atom stereocenters. The molecule has 0 saturated heterocycles. The molecule has 0 aliphatic heterocycles. The van der Waals surface area contributed by atoms with Crippen LogP contribution in [0.15, 0.2) is 5.28 Å². The number of aliphatic hydroxyl groups is 1. The van der Waals surface area contributed by atoms with Crippen molar-refractivity contribution in [2.24, 2.45) is 5.28 Å². The highest BCUT2D eigenvalue weighted by atomic mass is 16.8. The van der Waals surface area contributed by atoms with Crippen LogP contribution in [0.1, 0.15) is 27.7 Å². The molecule has 0 heterocycles. The minimum atomic E-state index is -1.06. The van der Waals surface area contributed by atoms with Crippen LogP contribution in [-0.2, 0) is 14.3 Å². The molecule has 0 aromatic carbocycles. The summed E-state index contributed by atoms with van der Waals surface area (Å²) in [4.78, 5) is 16.0. The molecule has 112 valence electrons. The molecule has 9 heteroatoms. The molecule has 0 saturated carbocycles. The van der Waals surface area contributed by atoms with Gasteiger partial charge in [-0.15, -0.1) is 5.01 Å². The van der Waals surface area contributed by atoms with Gasteiger partial charge < -0.3 is 19.8 Å². The van der Waals surface area contributed by atoms with E-state index >= 15 is 0 Å². The Morgan fingerprint density at radius 1 is 1.42 bits per heavy atom. The van der Waals surface area contributed by atoms with E-state index in [1.54, 1.807) is 20.8 Å². The zero-order valence-electron chi connectivity index (χ0n) is 11.6. The number of rotatable bonds is 8. The molecule has 0 amide bonds. The number of carbonyl (C=O) groups is 1. The van der Waals surface area contributed by atoms with Crippen LogP contribution in [0.5, 0.6) is 0 Å². The van der Waals surface area contributed by atoms with Gasteiger partial charge >= 0.3 is 6.16 Å². The highest BCUT2D eigenvalue weighted by Crippen LogP contribution is 2.01. The first-order chi connectivity index (χ1) is 8.90. The van der Waals surface area contributed by atoms with Gasteiger partial charge in [0.15, 0.2) is 0 Å². The summed E-state index contributed by atoms with van der Waals surface area (Å²) in [6, 6.07) is 0. The zero-order chi connectivity index (χ0) is 14.8. The molecule has 1 N–H and O–H groups in total. The van der Waals surface area contributed by atoms with Crippen LogP contribution < -0.4 is 0 Å². The van der Waals surface area contributed by atoms with Crippen molar-refractivity contribution in [1.82, 2.24) is 5.01 Å². The van der Waals surface area contributed by atoms with Crippen molar-refractivity contribution in [2.75, 3.05) is 19.7 Å². The molecule has 0 aliphatic carbocycles. The molecule has 0 bridgehead atoms. The smallest absolute Gasteiger partial charge is 0.511 e. The van der Waals surface area contributed by atoms with E-state index in [2.05, 4.69) is 14.9 Å². The fraction of sp³-hybridized carbons (Fsp3) is 0.900. The molecule has 9 nitrogen and oxygen atoms in total. The van der Waals surface area contributed by atoms with E-state index in [0.29, 0.717) is 6.54 Å². The first-order valence-corrected chi connectivity index (χ1v) is 5.97.